The largest absolute Gasteiger partial charge is 0.349 e. The van der Waals surface area contributed by atoms with Gasteiger partial charge in [0, 0.05) is 11.0 Å². The number of benzene rings is 1. The Balaban J connectivity index is 2.83. The highest BCUT2D eigenvalue weighted by Crippen LogP contribution is 2.17. The van der Waals surface area contributed by atoms with Crippen LogP contribution in [0.3, 0.4) is 0 Å². The van der Waals surface area contributed by atoms with Gasteiger partial charge >= 0.3 is 0 Å². The summed E-state index contributed by atoms with van der Waals surface area (Å²) >= 11 is 3.27. The summed E-state index contributed by atoms with van der Waals surface area (Å²) in [4.78, 5) is 11.5. The van der Waals surface area contributed by atoms with Gasteiger partial charge in [0.15, 0.2) is 0 Å². The summed E-state index contributed by atoms with van der Waals surface area (Å²) in [7, 11) is 0. The summed E-state index contributed by atoms with van der Waals surface area (Å²) in [5, 5.41) is 2.47. The maximum absolute atomic E-state index is 11.8. The number of aryl methyl sites for hydroxylation is 1. The van der Waals surface area contributed by atoms with Gasteiger partial charge in [0.25, 0.3) is 5.91 Å². The lowest BCUT2D eigenvalue weighted by molar-refractivity contribution is 0.0950. The Labute approximate surface area is 90.6 Å². The van der Waals surface area contributed by atoms with Crippen LogP contribution in [-0.2, 0) is 0 Å². The molecule has 2 nitrogen and oxygen atoms in total. The first-order valence-corrected chi connectivity index (χ1v) is 5.04. The van der Waals surface area contributed by atoms with Crippen LogP contribution in [0.4, 0.5) is 4.39 Å². The zero-order valence-corrected chi connectivity index (χ0v) is 9.40. The van der Waals surface area contributed by atoms with Gasteiger partial charge in [-0.1, -0.05) is 11.6 Å². The predicted octanol–water partition coefficient (Wildman–Crippen LogP) is 2.46. The fourth-order valence-electron chi connectivity index (χ4n) is 1.07. The highest BCUT2D eigenvalue weighted by atomic mass is 79.9. The van der Waals surface area contributed by atoms with Crippen LogP contribution in [0.5, 0.6) is 0 Å². The van der Waals surface area contributed by atoms with Gasteiger partial charge in [-0.3, -0.25) is 4.79 Å². The third-order valence-electron chi connectivity index (χ3n) is 1.75. The second-order valence-electron chi connectivity index (χ2n) is 2.93. The van der Waals surface area contributed by atoms with Crippen molar-refractivity contribution in [3.8, 4) is 0 Å². The van der Waals surface area contributed by atoms with Gasteiger partial charge in [0.2, 0.25) is 0 Å². The Morgan fingerprint density at radius 3 is 2.93 bits per heavy atom. The molecule has 0 bridgehead atoms. The number of nitrogens with one attached hydrogen (secondary N) is 1. The molecule has 0 aliphatic heterocycles. The van der Waals surface area contributed by atoms with Crippen LogP contribution in [0, 0.1) is 6.92 Å². The molecule has 0 atom stereocenters. The Hall–Kier alpha value is -0.900. The summed E-state index contributed by atoms with van der Waals surface area (Å²) in [5.41, 5.74) is 1.54. The van der Waals surface area contributed by atoms with Crippen molar-refractivity contribution < 1.29 is 9.18 Å². The van der Waals surface area contributed by atoms with Crippen LogP contribution >= 0.6 is 15.9 Å². The van der Waals surface area contributed by atoms with E-state index < -0.39 is 6.67 Å². The highest BCUT2D eigenvalue weighted by Gasteiger charge is 2.08. The topological polar surface area (TPSA) is 29.1 Å². The summed E-state index contributed by atoms with van der Waals surface area (Å²) in [6.07, 6.45) is 0. The third-order valence-corrected chi connectivity index (χ3v) is 2.44. The molecule has 1 N–H and O–H groups in total. The predicted molar refractivity (Wildman–Crippen MR) is 57.2 cm³/mol. The van der Waals surface area contributed by atoms with Gasteiger partial charge in [-0.2, -0.15) is 0 Å². The van der Waals surface area contributed by atoms with E-state index in [-0.39, 0.29) is 12.5 Å². The molecular formula is C10H11BrFNO. The molecule has 0 spiro atoms. The molecule has 1 aromatic carbocycles. The lowest BCUT2D eigenvalue weighted by Crippen LogP contribution is -2.25. The number of alkyl halides is 1. The molecule has 76 valence electrons. The van der Waals surface area contributed by atoms with Gasteiger partial charge in [-0.15, -0.1) is 0 Å². The maximum atomic E-state index is 11.8. The minimum Gasteiger partial charge on any atom is -0.349 e. The second kappa shape index (κ2) is 5.10. The number of hydrogen-bond acceptors (Lipinski definition) is 1. The number of halogens is 2. The molecule has 0 radical (unpaired) electrons. The van der Waals surface area contributed by atoms with Crippen LogP contribution in [0.2, 0.25) is 0 Å². The number of carbonyl (C=O) groups excluding carboxylic acids is 1. The van der Waals surface area contributed by atoms with Crippen molar-refractivity contribution in [3.63, 3.8) is 0 Å². The molecule has 1 amide bonds. The van der Waals surface area contributed by atoms with Crippen molar-refractivity contribution in [1.82, 2.24) is 5.32 Å². The Bertz CT molecular complexity index is 341. The van der Waals surface area contributed by atoms with Crippen molar-refractivity contribution in [1.29, 1.82) is 0 Å². The molecule has 0 heterocycles. The maximum Gasteiger partial charge on any atom is 0.252 e. The van der Waals surface area contributed by atoms with E-state index in [0.717, 1.165) is 10.0 Å². The van der Waals surface area contributed by atoms with E-state index in [9.17, 15) is 9.18 Å². The molecule has 1 rings (SSSR count). The molecule has 0 fully saturated rings. The van der Waals surface area contributed by atoms with E-state index in [0.29, 0.717) is 5.56 Å². The summed E-state index contributed by atoms with van der Waals surface area (Å²) in [6.45, 7) is 1.41. The number of carbonyl (C=O) groups is 1. The quantitative estimate of drug-likeness (QED) is 0.888. The second-order valence-corrected chi connectivity index (χ2v) is 3.78. The van der Waals surface area contributed by atoms with E-state index in [1.54, 1.807) is 12.1 Å². The van der Waals surface area contributed by atoms with Crippen LogP contribution in [0.25, 0.3) is 0 Å². The Morgan fingerprint density at radius 1 is 1.57 bits per heavy atom. The van der Waals surface area contributed by atoms with Crippen LogP contribution in [0.1, 0.15) is 15.9 Å². The minimum absolute atomic E-state index is 0.0548. The van der Waals surface area contributed by atoms with Crippen molar-refractivity contribution in [3.05, 3.63) is 33.8 Å². The molecule has 0 aliphatic carbocycles. The first-order chi connectivity index (χ1) is 6.65. The van der Waals surface area contributed by atoms with E-state index in [1.807, 2.05) is 13.0 Å². The van der Waals surface area contributed by atoms with Crippen LogP contribution in [-0.4, -0.2) is 19.1 Å². The van der Waals surface area contributed by atoms with Gasteiger partial charge in [-0.25, -0.2) is 4.39 Å². The average molecular weight is 260 g/mol. The van der Waals surface area contributed by atoms with Crippen molar-refractivity contribution in [2.24, 2.45) is 0 Å². The highest BCUT2D eigenvalue weighted by molar-refractivity contribution is 9.10. The van der Waals surface area contributed by atoms with E-state index in [4.69, 9.17) is 0 Å². The summed E-state index contributed by atoms with van der Waals surface area (Å²) in [6, 6.07) is 5.47. The SMILES string of the molecule is Cc1ccc(Br)c(C(=O)NCCF)c1. The van der Waals surface area contributed by atoms with Crippen molar-refractivity contribution >= 4 is 21.8 Å². The smallest absolute Gasteiger partial charge is 0.252 e. The first kappa shape index (κ1) is 11.2. The first-order valence-electron chi connectivity index (χ1n) is 4.25. The summed E-state index contributed by atoms with van der Waals surface area (Å²) < 4.78 is 12.5. The molecule has 14 heavy (non-hydrogen) atoms. The molecular weight excluding hydrogens is 249 g/mol. The van der Waals surface area contributed by atoms with Crippen LogP contribution < -0.4 is 5.32 Å². The molecule has 4 heteroatoms. The Morgan fingerprint density at radius 2 is 2.29 bits per heavy atom. The van der Waals surface area contributed by atoms with E-state index in [1.165, 1.54) is 0 Å². The molecule has 1 aromatic rings. The van der Waals surface area contributed by atoms with Gasteiger partial charge in [-0.05, 0) is 35.0 Å². The monoisotopic (exact) mass is 259 g/mol. The third kappa shape index (κ3) is 2.80. The zero-order chi connectivity index (χ0) is 10.6. The van der Waals surface area contributed by atoms with Gasteiger partial charge in [0.1, 0.15) is 6.67 Å². The summed E-state index contributed by atoms with van der Waals surface area (Å²) in [5.74, 6) is -0.252. The lowest BCUT2D eigenvalue weighted by Gasteiger charge is -2.05. The molecule has 0 unspecified atom stereocenters. The lowest BCUT2D eigenvalue weighted by atomic mass is 10.1. The van der Waals surface area contributed by atoms with E-state index >= 15 is 0 Å². The molecule has 0 aromatic heterocycles. The van der Waals surface area contributed by atoms with Gasteiger partial charge < -0.3 is 5.32 Å². The fourth-order valence-corrected chi connectivity index (χ4v) is 1.50. The van der Waals surface area contributed by atoms with E-state index in [2.05, 4.69) is 21.2 Å². The van der Waals surface area contributed by atoms with Crippen molar-refractivity contribution in [2.45, 2.75) is 6.92 Å². The molecule has 0 saturated heterocycles. The minimum atomic E-state index is -0.546. The normalized spacial score (nSPS) is 9.93. The molecule has 0 saturated carbocycles. The van der Waals surface area contributed by atoms with Crippen LogP contribution in [0.15, 0.2) is 22.7 Å². The average Bonchev–Trinajstić information content (AvgIpc) is 2.18. The van der Waals surface area contributed by atoms with Gasteiger partial charge in [0.05, 0.1) is 5.56 Å². The molecule has 0 aliphatic rings. The number of amides is 1. The standard InChI is InChI=1S/C10H11BrFNO/c1-7-2-3-9(11)8(6-7)10(14)13-5-4-12/h2-3,6H,4-5H2,1H3,(H,13,14). The fraction of sp³-hybridized carbons (Fsp3) is 0.300. The Kier molecular flexibility index (Phi) is 4.07. The zero-order valence-electron chi connectivity index (χ0n) is 7.81. The number of rotatable bonds is 3. The number of hydrogen-bond donors (Lipinski definition) is 1. The van der Waals surface area contributed by atoms with Crippen molar-refractivity contribution in [2.75, 3.05) is 13.2 Å².